The van der Waals surface area contributed by atoms with Gasteiger partial charge in [-0.05, 0) is 24.6 Å². The highest BCUT2D eigenvalue weighted by Crippen LogP contribution is 2.27. The number of hydrogen-bond acceptors (Lipinski definition) is 6. The first kappa shape index (κ1) is 16.3. The summed E-state index contributed by atoms with van der Waals surface area (Å²) in [5, 5.41) is 13.3. The molecule has 6 heteroatoms. The van der Waals surface area contributed by atoms with Crippen LogP contribution in [0.1, 0.15) is 22.4 Å². The van der Waals surface area contributed by atoms with Crippen LogP contribution >= 0.6 is 0 Å². The van der Waals surface area contributed by atoms with Crippen molar-refractivity contribution in [1.82, 2.24) is 15.0 Å². The zero-order valence-electron chi connectivity index (χ0n) is 14.7. The van der Waals surface area contributed by atoms with E-state index in [0.717, 1.165) is 53.5 Å². The second-order valence-corrected chi connectivity index (χ2v) is 6.50. The van der Waals surface area contributed by atoms with E-state index in [2.05, 4.69) is 37.3 Å². The summed E-state index contributed by atoms with van der Waals surface area (Å²) in [5.41, 5.74) is 4.16. The van der Waals surface area contributed by atoms with Gasteiger partial charge < -0.3 is 15.3 Å². The molecule has 2 N–H and O–H groups in total. The Kier molecular flexibility index (Phi) is 4.39. The molecule has 0 fully saturated rings. The molecule has 1 aromatic carbocycles. The van der Waals surface area contributed by atoms with E-state index >= 15 is 0 Å². The summed E-state index contributed by atoms with van der Waals surface area (Å²) in [7, 11) is 0. The van der Waals surface area contributed by atoms with Crippen molar-refractivity contribution in [2.75, 3.05) is 16.8 Å². The SMILES string of the molecule is Cc1ccc(N2CCc3ncnc(NCc4ccccc4O)c3C2)nc1. The van der Waals surface area contributed by atoms with Crippen molar-refractivity contribution >= 4 is 11.6 Å². The van der Waals surface area contributed by atoms with Crippen LogP contribution in [0.2, 0.25) is 0 Å². The van der Waals surface area contributed by atoms with Crippen molar-refractivity contribution in [3.05, 3.63) is 71.3 Å². The molecule has 4 rings (SSSR count). The molecule has 0 amide bonds. The summed E-state index contributed by atoms with van der Waals surface area (Å²) in [6.07, 6.45) is 4.36. The quantitative estimate of drug-likeness (QED) is 0.756. The number of nitrogens with zero attached hydrogens (tertiary/aromatic N) is 4. The monoisotopic (exact) mass is 347 g/mol. The Hall–Kier alpha value is -3.15. The van der Waals surface area contributed by atoms with Gasteiger partial charge in [-0.2, -0.15) is 0 Å². The van der Waals surface area contributed by atoms with Crippen LogP contribution in [0.25, 0.3) is 0 Å². The molecule has 0 spiro atoms. The zero-order chi connectivity index (χ0) is 17.9. The topological polar surface area (TPSA) is 74.2 Å². The smallest absolute Gasteiger partial charge is 0.134 e. The number of benzene rings is 1. The lowest BCUT2D eigenvalue weighted by molar-refractivity contribution is 0.469. The number of rotatable bonds is 4. The fourth-order valence-electron chi connectivity index (χ4n) is 3.18. The average molecular weight is 347 g/mol. The lowest BCUT2D eigenvalue weighted by Gasteiger charge is -2.30. The van der Waals surface area contributed by atoms with Gasteiger partial charge in [-0.1, -0.05) is 24.3 Å². The molecule has 0 unspecified atom stereocenters. The Labute approximate surface area is 152 Å². The number of para-hydroxylation sites is 1. The Morgan fingerprint density at radius 2 is 2.00 bits per heavy atom. The van der Waals surface area contributed by atoms with Crippen LogP contribution in [-0.2, 0) is 19.5 Å². The van der Waals surface area contributed by atoms with Crippen LogP contribution in [0.3, 0.4) is 0 Å². The van der Waals surface area contributed by atoms with E-state index in [9.17, 15) is 5.11 Å². The summed E-state index contributed by atoms with van der Waals surface area (Å²) < 4.78 is 0. The molecule has 1 aliphatic heterocycles. The van der Waals surface area contributed by atoms with E-state index < -0.39 is 0 Å². The first-order chi connectivity index (χ1) is 12.7. The maximum absolute atomic E-state index is 9.95. The lowest BCUT2D eigenvalue weighted by Crippen LogP contribution is -2.32. The summed E-state index contributed by atoms with van der Waals surface area (Å²) in [6.45, 7) is 4.16. The van der Waals surface area contributed by atoms with Crippen molar-refractivity contribution in [3.63, 3.8) is 0 Å². The first-order valence-electron chi connectivity index (χ1n) is 8.72. The number of fused-ring (bicyclic) bond motifs is 1. The van der Waals surface area contributed by atoms with Crippen molar-refractivity contribution in [2.24, 2.45) is 0 Å². The zero-order valence-corrected chi connectivity index (χ0v) is 14.7. The molecule has 0 atom stereocenters. The Morgan fingerprint density at radius 3 is 2.81 bits per heavy atom. The lowest BCUT2D eigenvalue weighted by atomic mass is 10.1. The second kappa shape index (κ2) is 7.00. The Bertz CT molecular complexity index is 910. The van der Waals surface area contributed by atoms with Gasteiger partial charge in [0.15, 0.2) is 0 Å². The maximum atomic E-state index is 9.95. The van der Waals surface area contributed by atoms with Crippen LogP contribution in [-0.4, -0.2) is 26.6 Å². The summed E-state index contributed by atoms with van der Waals surface area (Å²) in [4.78, 5) is 15.7. The number of phenolic OH excluding ortho intramolecular Hbond substituents is 1. The maximum Gasteiger partial charge on any atom is 0.134 e. The van der Waals surface area contributed by atoms with Crippen molar-refractivity contribution in [1.29, 1.82) is 0 Å². The average Bonchev–Trinajstić information content (AvgIpc) is 2.67. The molecule has 1 aliphatic rings. The number of hydrogen-bond donors (Lipinski definition) is 2. The number of nitrogens with one attached hydrogen (secondary N) is 1. The van der Waals surface area contributed by atoms with E-state index in [0.29, 0.717) is 6.54 Å². The van der Waals surface area contributed by atoms with Gasteiger partial charge >= 0.3 is 0 Å². The molecule has 3 aromatic rings. The van der Waals surface area contributed by atoms with Gasteiger partial charge in [0.05, 0.1) is 5.69 Å². The molecule has 6 nitrogen and oxygen atoms in total. The van der Waals surface area contributed by atoms with Crippen molar-refractivity contribution in [3.8, 4) is 5.75 Å². The third kappa shape index (κ3) is 3.31. The van der Waals surface area contributed by atoms with E-state index in [1.165, 1.54) is 0 Å². The number of aromatic nitrogens is 3. The van der Waals surface area contributed by atoms with Crippen LogP contribution in [0.15, 0.2) is 48.9 Å². The summed E-state index contributed by atoms with van der Waals surface area (Å²) in [6, 6.07) is 11.5. The van der Waals surface area contributed by atoms with Gasteiger partial charge in [-0.3, -0.25) is 0 Å². The molecule has 0 saturated carbocycles. The Morgan fingerprint density at radius 1 is 1.12 bits per heavy atom. The molecule has 132 valence electrons. The van der Waals surface area contributed by atoms with E-state index in [1.54, 1.807) is 12.4 Å². The van der Waals surface area contributed by atoms with Gasteiger partial charge in [0.2, 0.25) is 0 Å². The minimum absolute atomic E-state index is 0.286. The number of aromatic hydroxyl groups is 1. The number of pyridine rings is 1. The largest absolute Gasteiger partial charge is 0.508 e. The highest BCUT2D eigenvalue weighted by molar-refractivity contribution is 5.52. The highest BCUT2D eigenvalue weighted by Gasteiger charge is 2.22. The minimum Gasteiger partial charge on any atom is -0.508 e. The number of aryl methyl sites for hydroxylation is 1. The molecule has 0 bridgehead atoms. The molecule has 0 aliphatic carbocycles. The van der Waals surface area contributed by atoms with Crippen LogP contribution in [0.5, 0.6) is 5.75 Å². The number of phenols is 1. The van der Waals surface area contributed by atoms with Gasteiger partial charge in [0, 0.05) is 43.4 Å². The first-order valence-corrected chi connectivity index (χ1v) is 8.72. The third-order valence-corrected chi connectivity index (χ3v) is 4.66. The van der Waals surface area contributed by atoms with Crippen LogP contribution in [0.4, 0.5) is 11.6 Å². The summed E-state index contributed by atoms with van der Waals surface area (Å²) in [5.74, 6) is 2.07. The molecule has 2 aromatic heterocycles. The van der Waals surface area contributed by atoms with Crippen LogP contribution in [0, 0.1) is 6.92 Å². The molecule has 3 heterocycles. The number of anilines is 2. The fraction of sp³-hybridized carbons (Fsp3) is 0.250. The molecular formula is C20H21N5O. The Balaban J connectivity index is 1.55. The van der Waals surface area contributed by atoms with Gasteiger partial charge in [0.25, 0.3) is 0 Å². The van der Waals surface area contributed by atoms with Gasteiger partial charge in [-0.25, -0.2) is 15.0 Å². The third-order valence-electron chi connectivity index (χ3n) is 4.66. The summed E-state index contributed by atoms with van der Waals surface area (Å²) >= 11 is 0. The molecule has 26 heavy (non-hydrogen) atoms. The normalized spacial score (nSPS) is 13.3. The highest BCUT2D eigenvalue weighted by atomic mass is 16.3. The minimum atomic E-state index is 0.286. The van der Waals surface area contributed by atoms with Gasteiger partial charge in [0.1, 0.15) is 23.7 Å². The van der Waals surface area contributed by atoms with Gasteiger partial charge in [-0.15, -0.1) is 0 Å². The molecule has 0 saturated heterocycles. The fourth-order valence-corrected chi connectivity index (χ4v) is 3.18. The molecule has 0 radical (unpaired) electrons. The van der Waals surface area contributed by atoms with E-state index in [-0.39, 0.29) is 5.75 Å². The standard InChI is InChI=1S/C20H21N5O/c1-14-6-7-19(21-10-14)25-9-8-17-16(12-25)20(24-13-23-17)22-11-15-4-2-3-5-18(15)26/h2-7,10,13,26H,8-9,11-12H2,1H3,(H,22,23,24). The second-order valence-electron chi connectivity index (χ2n) is 6.50. The van der Waals surface area contributed by atoms with Crippen molar-refractivity contribution in [2.45, 2.75) is 26.4 Å². The van der Waals surface area contributed by atoms with Crippen molar-refractivity contribution < 1.29 is 5.11 Å². The van der Waals surface area contributed by atoms with E-state index in [1.807, 2.05) is 31.3 Å². The molecular weight excluding hydrogens is 326 g/mol. The predicted molar refractivity (Wildman–Crippen MR) is 101 cm³/mol. The predicted octanol–water partition coefficient (Wildman–Crippen LogP) is 3.06. The van der Waals surface area contributed by atoms with E-state index in [4.69, 9.17) is 0 Å². The van der Waals surface area contributed by atoms with Crippen LogP contribution < -0.4 is 10.2 Å².